The fourth-order valence-electron chi connectivity index (χ4n) is 2.21. The van der Waals surface area contributed by atoms with Gasteiger partial charge in [-0.05, 0) is 23.8 Å². The first kappa shape index (κ1) is 16.1. The van der Waals surface area contributed by atoms with Crippen molar-refractivity contribution < 1.29 is 19.0 Å². The number of carboxylic acids is 1. The normalized spacial score (nSPS) is 10.5. The monoisotopic (exact) mass is 343 g/mol. The Balaban J connectivity index is 1.85. The van der Waals surface area contributed by atoms with Gasteiger partial charge in [-0.2, -0.15) is 0 Å². The summed E-state index contributed by atoms with van der Waals surface area (Å²) >= 11 is 1.23. The molecule has 1 aromatic heterocycles. The zero-order chi connectivity index (χ0) is 16.9. The van der Waals surface area contributed by atoms with Crippen LogP contribution in [0.25, 0.3) is 11.3 Å². The van der Waals surface area contributed by atoms with Gasteiger partial charge in [-0.15, -0.1) is 11.3 Å². The maximum Gasteiger partial charge on any atom is 0.310 e. The molecule has 0 fully saturated rings. The largest absolute Gasteiger partial charge is 0.488 e. The molecule has 0 aliphatic rings. The van der Waals surface area contributed by atoms with Crippen LogP contribution >= 0.6 is 11.3 Å². The van der Waals surface area contributed by atoms with Crippen LogP contribution in [0.5, 0.6) is 5.75 Å². The van der Waals surface area contributed by atoms with Gasteiger partial charge in [0.2, 0.25) is 0 Å². The predicted molar refractivity (Wildman–Crippen MR) is 89.6 cm³/mol. The van der Waals surface area contributed by atoms with E-state index >= 15 is 0 Å². The summed E-state index contributed by atoms with van der Waals surface area (Å²) in [5.74, 6) is -0.840. The zero-order valence-electron chi connectivity index (χ0n) is 12.6. The Morgan fingerprint density at radius 1 is 1.21 bits per heavy atom. The first-order valence-corrected chi connectivity index (χ1v) is 8.12. The Labute approximate surface area is 142 Å². The number of aromatic nitrogens is 1. The van der Waals surface area contributed by atoms with E-state index in [-0.39, 0.29) is 6.42 Å². The van der Waals surface area contributed by atoms with Crippen LogP contribution in [0.1, 0.15) is 10.6 Å². The molecule has 1 N–H and O–H groups in total. The summed E-state index contributed by atoms with van der Waals surface area (Å²) < 4.78 is 19.4. The molecule has 0 unspecified atom stereocenters. The highest BCUT2D eigenvalue weighted by molar-refractivity contribution is 7.10. The first-order chi connectivity index (χ1) is 11.6. The number of halogens is 1. The topological polar surface area (TPSA) is 59.4 Å². The fraction of sp³-hybridized carbons (Fsp3) is 0.111. The van der Waals surface area contributed by atoms with Gasteiger partial charge < -0.3 is 9.84 Å². The number of carbonyl (C=O) groups is 1. The van der Waals surface area contributed by atoms with Gasteiger partial charge in [0.05, 0.1) is 12.1 Å². The van der Waals surface area contributed by atoms with E-state index in [1.807, 2.05) is 30.3 Å². The van der Waals surface area contributed by atoms with E-state index in [9.17, 15) is 9.18 Å². The highest BCUT2D eigenvalue weighted by atomic mass is 32.1. The van der Waals surface area contributed by atoms with Crippen LogP contribution in [0.2, 0.25) is 0 Å². The third kappa shape index (κ3) is 3.97. The molecule has 0 amide bonds. The molecule has 3 rings (SSSR count). The van der Waals surface area contributed by atoms with Gasteiger partial charge in [-0.3, -0.25) is 4.79 Å². The quantitative estimate of drug-likeness (QED) is 0.730. The highest BCUT2D eigenvalue weighted by Gasteiger charge is 2.13. The van der Waals surface area contributed by atoms with Crippen LogP contribution in [-0.4, -0.2) is 16.1 Å². The van der Waals surface area contributed by atoms with Crippen molar-refractivity contribution in [3.05, 3.63) is 70.3 Å². The SMILES string of the molecule is O=C(O)Cc1nc(-c2cc(F)ccc2OCc2ccccc2)cs1. The van der Waals surface area contributed by atoms with Crippen molar-refractivity contribution in [2.45, 2.75) is 13.0 Å². The number of rotatable bonds is 6. The van der Waals surface area contributed by atoms with Gasteiger partial charge in [-0.1, -0.05) is 30.3 Å². The highest BCUT2D eigenvalue weighted by Crippen LogP contribution is 2.32. The molecule has 24 heavy (non-hydrogen) atoms. The summed E-state index contributed by atoms with van der Waals surface area (Å²) in [5, 5.41) is 11.0. The van der Waals surface area contributed by atoms with Gasteiger partial charge in [-0.25, -0.2) is 9.37 Å². The fourth-order valence-corrected chi connectivity index (χ4v) is 2.99. The molecule has 2 aromatic carbocycles. The summed E-state index contributed by atoms with van der Waals surface area (Å²) in [5.41, 5.74) is 2.02. The minimum absolute atomic E-state index is 0.153. The molecule has 0 bridgehead atoms. The summed E-state index contributed by atoms with van der Waals surface area (Å²) in [6.45, 7) is 0.353. The number of hydrogen-bond donors (Lipinski definition) is 1. The van der Waals surface area contributed by atoms with Crippen molar-refractivity contribution in [1.29, 1.82) is 0 Å². The van der Waals surface area contributed by atoms with Crippen LogP contribution in [0.3, 0.4) is 0 Å². The number of nitrogens with zero attached hydrogens (tertiary/aromatic N) is 1. The molecule has 0 saturated carbocycles. The van der Waals surface area contributed by atoms with Crippen molar-refractivity contribution in [1.82, 2.24) is 4.98 Å². The maximum absolute atomic E-state index is 13.6. The van der Waals surface area contributed by atoms with Crippen molar-refractivity contribution in [2.24, 2.45) is 0 Å². The molecule has 0 saturated heterocycles. The van der Waals surface area contributed by atoms with Gasteiger partial charge in [0.25, 0.3) is 0 Å². The van der Waals surface area contributed by atoms with Gasteiger partial charge >= 0.3 is 5.97 Å². The lowest BCUT2D eigenvalue weighted by Gasteiger charge is -2.10. The summed E-state index contributed by atoms with van der Waals surface area (Å²) in [4.78, 5) is 15.0. The number of carboxylic acid groups (broad SMARTS) is 1. The molecule has 0 atom stereocenters. The van der Waals surface area contributed by atoms with Gasteiger partial charge in [0.1, 0.15) is 23.2 Å². The Morgan fingerprint density at radius 3 is 2.75 bits per heavy atom. The Hall–Kier alpha value is -2.73. The van der Waals surface area contributed by atoms with E-state index < -0.39 is 11.8 Å². The molecule has 0 spiro atoms. The Morgan fingerprint density at radius 2 is 2.00 bits per heavy atom. The third-order valence-corrected chi connectivity index (χ3v) is 4.16. The number of ether oxygens (including phenoxy) is 1. The van der Waals surface area contributed by atoms with E-state index in [0.717, 1.165) is 5.56 Å². The lowest BCUT2D eigenvalue weighted by Crippen LogP contribution is -2.00. The summed E-state index contributed by atoms with van der Waals surface area (Å²) in [7, 11) is 0. The van der Waals surface area contributed by atoms with E-state index in [1.165, 1.54) is 23.5 Å². The average Bonchev–Trinajstić information content (AvgIpc) is 3.02. The minimum atomic E-state index is -0.948. The van der Waals surface area contributed by atoms with Gasteiger partial charge in [0, 0.05) is 10.9 Å². The predicted octanol–water partition coefficient (Wildman–Crippen LogP) is 4.16. The van der Waals surface area contributed by atoms with Crippen molar-refractivity contribution >= 4 is 17.3 Å². The second-order valence-electron chi connectivity index (χ2n) is 5.11. The molecule has 0 aliphatic carbocycles. The second-order valence-corrected chi connectivity index (χ2v) is 6.05. The lowest BCUT2D eigenvalue weighted by molar-refractivity contribution is -0.136. The summed E-state index contributed by atoms with van der Waals surface area (Å²) in [6.07, 6.45) is -0.153. The molecule has 1 heterocycles. The average molecular weight is 343 g/mol. The lowest BCUT2D eigenvalue weighted by atomic mass is 10.1. The number of hydrogen-bond acceptors (Lipinski definition) is 4. The standard InChI is InChI=1S/C18H14FNO3S/c19-13-6-7-16(23-10-12-4-2-1-3-5-12)14(8-13)15-11-24-17(20-15)9-18(21)22/h1-8,11H,9-10H2,(H,21,22). The smallest absolute Gasteiger partial charge is 0.310 e. The van der Waals surface area contributed by atoms with E-state index in [1.54, 1.807) is 11.4 Å². The number of thiazole rings is 1. The van der Waals surface area contributed by atoms with Crippen molar-refractivity contribution in [3.63, 3.8) is 0 Å². The molecule has 0 aliphatic heterocycles. The van der Waals surface area contributed by atoms with Gasteiger partial charge in [0.15, 0.2) is 0 Å². The molecule has 3 aromatic rings. The van der Waals surface area contributed by atoms with Crippen molar-refractivity contribution in [3.8, 4) is 17.0 Å². The van der Waals surface area contributed by atoms with Crippen LogP contribution in [0, 0.1) is 5.82 Å². The van der Waals surface area contributed by atoms with Crippen LogP contribution < -0.4 is 4.74 Å². The maximum atomic E-state index is 13.6. The molecular formula is C18H14FNO3S. The van der Waals surface area contributed by atoms with E-state index in [4.69, 9.17) is 9.84 Å². The van der Waals surface area contributed by atoms with Crippen molar-refractivity contribution in [2.75, 3.05) is 0 Å². The molecule has 122 valence electrons. The van der Waals surface area contributed by atoms with Crippen LogP contribution in [-0.2, 0) is 17.8 Å². The second kappa shape index (κ2) is 7.23. The molecule has 0 radical (unpaired) electrons. The number of benzene rings is 2. The van der Waals surface area contributed by atoms with Crippen LogP contribution in [0.15, 0.2) is 53.9 Å². The molecule has 6 heteroatoms. The zero-order valence-corrected chi connectivity index (χ0v) is 13.4. The third-order valence-electron chi connectivity index (χ3n) is 3.31. The molecular weight excluding hydrogens is 329 g/mol. The molecule has 4 nitrogen and oxygen atoms in total. The first-order valence-electron chi connectivity index (χ1n) is 7.24. The van der Waals surface area contributed by atoms with E-state index in [0.29, 0.717) is 28.6 Å². The van der Waals surface area contributed by atoms with E-state index in [2.05, 4.69) is 4.98 Å². The summed E-state index contributed by atoms with van der Waals surface area (Å²) in [6, 6.07) is 13.9. The number of aliphatic carboxylic acids is 1. The Kier molecular flexibility index (Phi) is 4.86. The van der Waals surface area contributed by atoms with Crippen LogP contribution in [0.4, 0.5) is 4.39 Å². The minimum Gasteiger partial charge on any atom is -0.488 e. The Bertz CT molecular complexity index is 848.